The third-order valence-corrected chi connectivity index (χ3v) is 3.09. The second-order valence-corrected chi connectivity index (χ2v) is 4.54. The minimum absolute atomic E-state index is 0.0977. The summed E-state index contributed by atoms with van der Waals surface area (Å²) in [5, 5.41) is 49.9. The van der Waals surface area contributed by atoms with Gasteiger partial charge < -0.3 is 20.4 Å². The molecule has 0 unspecified atom stereocenters. The molecule has 0 heterocycles. The van der Waals surface area contributed by atoms with Crippen LogP contribution in [0.2, 0.25) is 5.02 Å². The van der Waals surface area contributed by atoms with Crippen LogP contribution in [0.25, 0.3) is 11.1 Å². The molecule has 2 aromatic rings. The van der Waals surface area contributed by atoms with Gasteiger partial charge in [-0.25, -0.2) is 0 Å². The van der Waals surface area contributed by atoms with Crippen LogP contribution >= 0.6 is 11.6 Å². The Kier molecular flexibility index (Phi) is 3.57. The zero-order valence-electron chi connectivity index (χ0n) is 10.2. The number of phenols is 4. The molecule has 0 spiro atoms. The third-order valence-electron chi connectivity index (χ3n) is 2.86. The molecule has 2 radical (unpaired) electrons. The Bertz CT molecular complexity index is 735. The summed E-state index contributed by atoms with van der Waals surface area (Å²) in [6, 6.07) is 3.43. The van der Waals surface area contributed by atoms with Gasteiger partial charge in [-0.1, -0.05) is 11.6 Å². The van der Waals surface area contributed by atoms with Crippen LogP contribution < -0.4 is 5.46 Å². The predicted molar refractivity (Wildman–Crippen MR) is 75.6 cm³/mol. The number of benzene rings is 2. The summed E-state index contributed by atoms with van der Waals surface area (Å²) in [5.41, 5.74) is -1.87. The van der Waals surface area contributed by atoms with E-state index < -0.39 is 44.6 Å². The second kappa shape index (κ2) is 5.06. The summed E-state index contributed by atoms with van der Waals surface area (Å²) in [7, 11) is 5.38. The molecule has 0 amide bonds. The van der Waals surface area contributed by atoms with Crippen LogP contribution in [0.4, 0.5) is 5.69 Å². The molecule has 0 aliphatic heterocycles. The van der Waals surface area contributed by atoms with E-state index in [1.165, 1.54) is 6.07 Å². The minimum atomic E-state index is -1.01. The quantitative estimate of drug-likeness (QED) is 0.219. The van der Waals surface area contributed by atoms with Crippen LogP contribution in [0.1, 0.15) is 0 Å². The van der Waals surface area contributed by atoms with Crippen molar-refractivity contribution in [1.82, 2.24) is 0 Å². The van der Waals surface area contributed by atoms with E-state index in [4.69, 9.17) is 19.4 Å². The van der Waals surface area contributed by atoms with Crippen molar-refractivity contribution in [2.45, 2.75) is 0 Å². The van der Waals surface area contributed by atoms with Gasteiger partial charge >= 0.3 is 0 Å². The maximum Gasteiger partial charge on any atom is 0.277 e. The first kappa shape index (κ1) is 14.8. The van der Waals surface area contributed by atoms with Crippen molar-refractivity contribution in [3.8, 4) is 34.1 Å². The number of nitrogens with zero attached hydrogens (tertiary/aromatic N) is 1. The lowest BCUT2D eigenvalue weighted by Gasteiger charge is -2.14. The van der Waals surface area contributed by atoms with E-state index in [0.717, 1.165) is 12.1 Å². The average Bonchev–Trinajstić information content (AvgIpc) is 2.43. The van der Waals surface area contributed by atoms with Gasteiger partial charge in [0.2, 0.25) is 5.75 Å². The van der Waals surface area contributed by atoms with Gasteiger partial charge in [0, 0.05) is 11.1 Å². The predicted octanol–water partition coefficient (Wildman–Crippen LogP) is 1.53. The van der Waals surface area contributed by atoms with Crippen LogP contribution in [-0.2, 0) is 0 Å². The lowest BCUT2D eigenvalue weighted by Crippen LogP contribution is -2.06. The zero-order chi connectivity index (χ0) is 15.9. The molecule has 4 N–H and O–H groups in total. The minimum Gasteiger partial charge on any atom is -0.508 e. The monoisotopic (exact) mass is 307 g/mol. The van der Waals surface area contributed by atoms with Gasteiger partial charge in [-0.15, -0.1) is 0 Å². The highest BCUT2D eigenvalue weighted by Crippen LogP contribution is 2.48. The number of phenolic OH excluding ortho intramolecular Hbond substituents is 4. The molecule has 0 aliphatic rings. The topological polar surface area (TPSA) is 124 Å². The van der Waals surface area contributed by atoms with Gasteiger partial charge in [0.1, 0.15) is 13.6 Å². The molecule has 2 rings (SSSR count). The Morgan fingerprint density at radius 1 is 1.05 bits per heavy atom. The number of hydrogen-bond donors (Lipinski definition) is 4. The molecule has 106 valence electrons. The summed E-state index contributed by atoms with van der Waals surface area (Å²) >= 11 is 5.76. The van der Waals surface area contributed by atoms with Crippen molar-refractivity contribution in [2.75, 3.05) is 0 Å². The van der Waals surface area contributed by atoms with Crippen molar-refractivity contribution < 1.29 is 25.3 Å². The molecule has 0 saturated heterocycles. The van der Waals surface area contributed by atoms with Crippen molar-refractivity contribution in [1.29, 1.82) is 0 Å². The fourth-order valence-electron chi connectivity index (χ4n) is 1.84. The Morgan fingerprint density at radius 2 is 1.67 bits per heavy atom. The first-order valence-electron chi connectivity index (χ1n) is 5.45. The summed E-state index contributed by atoms with van der Waals surface area (Å²) in [5.74, 6) is -3.70. The molecule has 0 aliphatic carbocycles. The van der Waals surface area contributed by atoms with Gasteiger partial charge in [0.15, 0.2) is 11.5 Å². The summed E-state index contributed by atoms with van der Waals surface area (Å²) in [6.07, 6.45) is 0. The van der Waals surface area contributed by atoms with Crippen LogP contribution in [0.15, 0.2) is 18.2 Å². The maximum atomic E-state index is 11.0. The first-order valence-corrected chi connectivity index (χ1v) is 5.83. The number of halogens is 1. The van der Waals surface area contributed by atoms with Crippen LogP contribution in [0, 0.1) is 10.1 Å². The summed E-state index contributed by atoms with van der Waals surface area (Å²) < 4.78 is 0. The largest absolute Gasteiger partial charge is 0.508 e. The van der Waals surface area contributed by atoms with Crippen molar-refractivity contribution in [3.05, 3.63) is 33.3 Å². The zero-order valence-corrected chi connectivity index (χ0v) is 11.0. The summed E-state index contributed by atoms with van der Waals surface area (Å²) in [6.45, 7) is 0. The highest BCUT2D eigenvalue weighted by Gasteiger charge is 2.27. The second-order valence-electron chi connectivity index (χ2n) is 4.10. The van der Waals surface area contributed by atoms with E-state index in [2.05, 4.69) is 0 Å². The number of rotatable bonds is 2. The van der Waals surface area contributed by atoms with E-state index in [0.29, 0.717) is 0 Å². The Labute approximate surface area is 124 Å². The third kappa shape index (κ3) is 2.29. The van der Waals surface area contributed by atoms with Gasteiger partial charge in [-0.3, -0.25) is 10.1 Å². The Hall–Kier alpha value is -2.61. The molecule has 0 bridgehead atoms. The lowest BCUT2D eigenvalue weighted by atomic mass is 9.88. The molecule has 0 aromatic heterocycles. The number of aromatic hydroxyl groups is 4. The summed E-state index contributed by atoms with van der Waals surface area (Å²) in [4.78, 5) is 10.3. The van der Waals surface area contributed by atoms with Gasteiger partial charge in [0.25, 0.3) is 5.69 Å². The Balaban J connectivity index is 2.92. The highest BCUT2D eigenvalue weighted by atomic mass is 35.5. The normalized spacial score (nSPS) is 10.5. The molecule has 7 nitrogen and oxygen atoms in total. The lowest BCUT2D eigenvalue weighted by molar-refractivity contribution is -0.384. The number of nitro groups is 1. The van der Waals surface area contributed by atoms with E-state index in [-0.39, 0.29) is 10.6 Å². The van der Waals surface area contributed by atoms with Crippen molar-refractivity contribution in [2.24, 2.45) is 0 Å². The van der Waals surface area contributed by atoms with Crippen LogP contribution in [0.5, 0.6) is 23.0 Å². The highest BCUT2D eigenvalue weighted by molar-refractivity contribution is 6.37. The van der Waals surface area contributed by atoms with E-state index in [1.54, 1.807) is 0 Å². The van der Waals surface area contributed by atoms with Crippen molar-refractivity contribution >= 4 is 30.6 Å². The fourth-order valence-corrected chi connectivity index (χ4v) is 2.01. The number of hydrogen-bond acceptors (Lipinski definition) is 6. The van der Waals surface area contributed by atoms with Crippen LogP contribution in [-0.4, -0.2) is 33.2 Å². The van der Waals surface area contributed by atoms with Crippen molar-refractivity contribution in [3.63, 3.8) is 0 Å². The van der Waals surface area contributed by atoms with E-state index in [1.807, 2.05) is 0 Å². The molecular weight excluding hydrogens is 300 g/mol. The molecular formula is C12H7BClNO6. The molecule has 0 fully saturated rings. The van der Waals surface area contributed by atoms with E-state index in [9.17, 15) is 30.5 Å². The first-order chi connectivity index (χ1) is 9.75. The Morgan fingerprint density at radius 3 is 2.24 bits per heavy atom. The van der Waals surface area contributed by atoms with E-state index >= 15 is 0 Å². The van der Waals surface area contributed by atoms with Gasteiger partial charge in [-0.05, 0) is 17.6 Å². The fraction of sp³-hybridized carbons (Fsp3) is 0. The molecule has 2 aromatic carbocycles. The van der Waals surface area contributed by atoms with Gasteiger partial charge in [-0.2, -0.15) is 0 Å². The molecule has 0 atom stereocenters. The average molecular weight is 307 g/mol. The van der Waals surface area contributed by atoms with Gasteiger partial charge in [0.05, 0.1) is 16.1 Å². The SMILES string of the molecule is [B]c1c(O)c(O)c(O)c(-c2cc(Cl)ccc2[N+](=O)[O-])c1O. The number of nitro benzene ring substituents is 1. The molecule has 0 saturated carbocycles. The molecule has 21 heavy (non-hydrogen) atoms. The standard InChI is InChI=1S/C12H7BClNO6/c13-8-9(16)7(10(17)12(19)11(8)18)5-3-4(14)1-2-6(5)15(20)21/h1-3,16-19H. The maximum absolute atomic E-state index is 11.0. The van der Waals surface area contributed by atoms with Crippen LogP contribution in [0.3, 0.4) is 0 Å². The molecule has 9 heteroatoms. The smallest absolute Gasteiger partial charge is 0.277 e.